The maximum atomic E-state index is 14.4. The maximum absolute atomic E-state index is 14.4. The molecule has 2 heterocycles. The SMILES string of the molecule is [C-]#[N+]c1ccc(-c2nc(N3CCC(C)CC3)cc(=O)n2-c2ccc(OC)c(F)c2)cc1F. The molecule has 2 aromatic carbocycles. The van der Waals surface area contributed by atoms with Crippen molar-refractivity contribution in [3.63, 3.8) is 0 Å². The lowest BCUT2D eigenvalue weighted by Gasteiger charge is -2.31. The van der Waals surface area contributed by atoms with E-state index in [4.69, 9.17) is 11.3 Å². The summed E-state index contributed by atoms with van der Waals surface area (Å²) in [6, 6.07) is 9.62. The van der Waals surface area contributed by atoms with Gasteiger partial charge in [0, 0.05) is 30.8 Å². The lowest BCUT2D eigenvalue weighted by molar-refractivity contribution is 0.386. The number of benzene rings is 2. The van der Waals surface area contributed by atoms with Gasteiger partial charge in [-0.2, -0.15) is 0 Å². The molecule has 1 saturated heterocycles. The molecule has 0 atom stereocenters. The van der Waals surface area contributed by atoms with Crippen molar-refractivity contribution in [2.45, 2.75) is 19.8 Å². The molecule has 1 aliphatic rings. The molecule has 0 bridgehead atoms. The number of ether oxygens (including phenoxy) is 1. The van der Waals surface area contributed by atoms with E-state index in [1.54, 1.807) is 6.07 Å². The Morgan fingerprint density at radius 1 is 1.09 bits per heavy atom. The number of methoxy groups -OCH3 is 1. The van der Waals surface area contributed by atoms with Crippen LogP contribution in [0.1, 0.15) is 19.8 Å². The first-order chi connectivity index (χ1) is 15.4. The summed E-state index contributed by atoms with van der Waals surface area (Å²) in [6.07, 6.45) is 1.97. The Morgan fingerprint density at radius 3 is 2.47 bits per heavy atom. The van der Waals surface area contributed by atoms with Gasteiger partial charge in [-0.3, -0.25) is 9.36 Å². The molecule has 4 rings (SSSR count). The molecule has 0 unspecified atom stereocenters. The highest BCUT2D eigenvalue weighted by Gasteiger charge is 2.21. The molecule has 1 aliphatic heterocycles. The van der Waals surface area contributed by atoms with Gasteiger partial charge in [-0.1, -0.05) is 19.1 Å². The predicted molar refractivity (Wildman–Crippen MR) is 119 cm³/mol. The molecule has 1 fully saturated rings. The van der Waals surface area contributed by atoms with Crippen molar-refractivity contribution in [3.05, 3.63) is 75.9 Å². The summed E-state index contributed by atoms with van der Waals surface area (Å²) >= 11 is 0. The van der Waals surface area contributed by atoms with E-state index in [0.717, 1.165) is 25.9 Å². The fourth-order valence-corrected chi connectivity index (χ4v) is 3.84. The lowest BCUT2D eigenvalue weighted by atomic mass is 9.99. The van der Waals surface area contributed by atoms with Gasteiger partial charge in [0.1, 0.15) is 17.5 Å². The van der Waals surface area contributed by atoms with Crippen molar-refractivity contribution in [1.29, 1.82) is 0 Å². The van der Waals surface area contributed by atoms with Gasteiger partial charge in [0.2, 0.25) is 5.69 Å². The van der Waals surface area contributed by atoms with Gasteiger partial charge < -0.3 is 9.64 Å². The minimum absolute atomic E-state index is 0.0443. The van der Waals surface area contributed by atoms with E-state index in [9.17, 15) is 13.6 Å². The van der Waals surface area contributed by atoms with Gasteiger partial charge in [0.25, 0.3) is 5.56 Å². The minimum atomic E-state index is -0.712. The van der Waals surface area contributed by atoms with Crippen LogP contribution in [-0.4, -0.2) is 29.8 Å². The zero-order valence-corrected chi connectivity index (χ0v) is 17.8. The van der Waals surface area contributed by atoms with Crippen molar-refractivity contribution in [2.75, 3.05) is 25.1 Å². The van der Waals surface area contributed by atoms with E-state index < -0.39 is 17.2 Å². The number of hydrogen-bond donors (Lipinski definition) is 0. The van der Waals surface area contributed by atoms with E-state index >= 15 is 0 Å². The molecule has 0 amide bonds. The number of aromatic nitrogens is 2. The summed E-state index contributed by atoms with van der Waals surface area (Å²) < 4.78 is 35.0. The quantitative estimate of drug-likeness (QED) is 0.542. The Labute approximate surface area is 184 Å². The van der Waals surface area contributed by atoms with Gasteiger partial charge in [0.15, 0.2) is 11.6 Å². The summed E-state index contributed by atoms with van der Waals surface area (Å²) in [7, 11) is 1.35. The molecule has 164 valence electrons. The van der Waals surface area contributed by atoms with Crippen LogP contribution in [0.3, 0.4) is 0 Å². The van der Waals surface area contributed by atoms with Crippen molar-refractivity contribution >= 4 is 11.5 Å². The van der Waals surface area contributed by atoms with E-state index in [2.05, 4.69) is 16.8 Å². The van der Waals surface area contributed by atoms with E-state index in [-0.39, 0.29) is 22.9 Å². The Hall–Kier alpha value is -3.73. The van der Waals surface area contributed by atoms with Crippen molar-refractivity contribution in [2.24, 2.45) is 5.92 Å². The second-order valence-electron chi connectivity index (χ2n) is 7.88. The average Bonchev–Trinajstić information content (AvgIpc) is 2.79. The smallest absolute Gasteiger partial charge is 0.260 e. The van der Waals surface area contributed by atoms with Crippen LogP contribution in [0.4, 0.5) is 20.3 Å². The van der Waals surface area contributed by atoms with Crippen molar-refractivity contribution in [3.8, 4) is 22.8 Å². The van der Waals surface area contributed by atoms with Crippen molar-refractivity contribution in [1.82, 2.24) is 9.55 Å². The zero-order chi connectivity index (χ0) is 22.8. The third-order valence-corrected chi connectivity index (χ3v) is 5.73. The van der Waals surface area contributed by atoms with E-state index in [1.807, 2.05) is 4.90 Å². The average molecular weight is 436 g/mol. The largest absolute Gasteiger partial charge is 0.494 e. The molecule has 0 aliphatic carbocycles. The highest BCUT2D eigenvalue weighted by Crippen LogP contribution is 2.29. The summed E-state index contributed by atoms with van der Waals surface area (Å²) in [5, 5.41) is 0. The standard InChI is InChI=1S/C24H22F2N4O2/c1-15-8-10-29(11-9-15)22-14-23(31)30(17-5-7-21(32-3)19(26)13-17)24(28-22)16-4-6-20(27-2)18(25)12-16/h4-7,12-15H,8-11H2,1,3H3. The minimum Gasteiger partial charge on any atom is -0.494 e. The van der Waals surface area contributed by atoms with Crippen LogP contribution in [0.25, 0.3) is 21.9 Å². The Kier molecular flexibility index (Phi) is 5.91. The fraction of sp³-hybridized carbons (Fsp3) is 0.292. The van der Waals surface area contributed by atoms with Crippen LogP contribution in [0.15, 0.2) is 47.3 Å². The molecular weight excluding hydrogens is 414 g/mol. The molecule has 3 aromatic rings. The predicted octanol–water partition coefficient (Wildman–Crippen LogP) is 4.97. The van der Waals surface area contributed by atoms with Crippen LogP contribution in [-0.2, 0) is 0 Å². The van der Waals surface area contributed by atoms with Crippen molar-refractivity contribution < 1.29 is 13.5 Å². The van der Waals surface area contributed by atoms with Crippen LogP contribution in [0, 0.1) is 24.1 Å². The number of nitrogens with zero attached hydrogens (tertiary/aromatic N) is 4. The first-order valence-corrected chi connectivity index (χ1v) is 10.3. The second-order valence-corrected chi connectivity index (χ2v) is 7.88. The fourth-order valence-electron chi connectivity index (χ4n) is 3.84. The molecule has 32 heavy (non-hydrogen) atoms. The van der Waals surface area contributed by atoms with Gasteiger partial charge in [-0.25, -0.2) is 18.6 Å². The Balaban J connectivity index is 1.91. The van der Waals surface area contributed by atoms with E-state index in [1.165, 1.54) is 48.1 Å². The summed E-state index contributed by atoms with van der Waals surface area (Å²) in [5.41, 5.74) is 0.0156. The number of anilines is 1. The zero-order valence-electron chi connectivity index (χ0n) is 17.8. The highest BCUT2D eigenvalue weighted by atomic mass is 19.1. The van der Waals surface area contributed by atoms with Gasteiger partial charge >= 0.3 is 0 Å². The number of halogens is 2. The molecule has 8 heteroatoms. The molecule has 0 N–H and O–H groups in total. The second kappa shape index (κ2) is 8.79. The third kappa shape index (κ3) is 4.06. The molecule has 0 spiro atoms. The maximum Gasteiger partial charge on any atom is 0.260 e. The van der Waals surface area contributed by atoms with Crippen LogP contribution >= 0.6 is 0 Å². The van der Waals surface area contributed by atoms with Crippen LogP contribution in [0.2, 0.25) is 0 Å². The summed E-state index contributed by atoms with van der Waals surface area (Å²) in [6.45, 7) is 10.8. The number of piperidine rings is 1. The lowest BCUT2D eigenvalue weighted by Crippen LogP contribution is -2.35. The highest BCUT2D eigenvalue weighted by molar-refractivity contribution is 5.65. The first-order valence-electron chi connectivity index (χ1n) is 10.3. The van der Waals surface area contributed by atoms with Gasteiger partial charge in [0.05, 0.1) is 19.4 Å². The van der Waals surface area contributed by atoms with Crippen LogP contribution < -0.4 is 15.2 Å². The normalized spacial score (nSPS) is 14.3. The molecule has 0 radical (unpaired) electrons. The van der Waals surface area contributed by atoms with Crippen LogP contribution in [0.5, 0.6) is 5.75 Å². The Bertz CT molecular complexity index is 1260. The van der Waals surface area contributed by atoms with Gasteiger partial charge in [-0.15, -0.1) is 0 Å². The van der Waals surface area contributed by atoms with E-state index in [0.29, 0.717) is 17.3 Å². The summed E-state index contributed by atoms with van der Waals surface area (Å²) in [5.74, 6) is -0.0303. The number of hydrogen-bond acceptors (Lipinski definition) is 4. The summed E-state index contributed by atoms with van der Waals surface area (Å²) in [4.78, 5) is 23.1. The topological polar surface area (TPSA) is 51.7 Å². The molecule has 1 aromatic heterocycles. The monoisotopic (exact) mass is 436 g/mol. The number of rotatable bonds is 4. The molecule has 6 nitrogen and oxygen atoms in total. The first kappa shape index (κ1) is 21.5. The third-order valence-electron chi connectivity index (χ3n) is 5.73. The Morgan fingerprint density at radius 2 is 1.84 bits per heavy atom. The molecular formula is C24H22F2N4O2. The molecule has 0 saturated carbocycles. The van der Waals surface area contributed by atoms with Gasteiger partial charge in [-0.05, 0) is 37.0 Å².